The Morgan fingerprint density at radius 2 is 2.23 bits per heavy atom. The van der Waals surface area contributed by atoms with Crippen LogP contribution in [0.15, 0.2) is 22.9 Å². The Hall–Kier alpha value is -2.07. The Kier molecular flexibility index (Phi) is 4.42. The summed E-state index contributed by atoms with van der Waals surface area (Å²) in [5.74, 6) is 0. The number of rotatable bonds is 2. The first-order chi connectivity index (χ1) is 10.2. The number of carbonyl (C=O) groups excluding carboxylic acids is 1. The van der Waals surface area contributed by atoms with E-state index in [-0.39, 0.29) is 0 Å². The molecular formula is C15H17BrN4O2. The maximum absolute atomic E-state index is 12.0. The van der Waals surface area contributed by atoms with Crippen molar-refractivity contribution in [2.75, 3.05) is 7.05 Å². The van der Waals surface area contributed by atoms with Crippen molar-refractivity contribution in [2.24, 2.45) is 0 Å². The number of aromatic nitrogens is 2. The molecule has 0 N–H and O–H groups in total. The summed E-state index contributed by atoms with van der Waals surface area (Å²) < 4.78 is 7.89. The van der Waals surface area contributed by atoms with Crippen molar-refractivity contribution in [3.05, 3.63) is 34.2 Å². The summed E-state index contributed by atoms with van der Waals surface area (Å²) in [6.07, 6.45) is 3.07. The molecule has 0 saturated carbocycles. The Morgan fingerprint density at radius 3 is 2.82 bits per heavy atom. The van der Waals surface area contributed by atoms with E-state index in [1.54, 1.807) is 23.7 Å². The second-order valence-electron chi connectivity index (χ2n) is 5.96. The number of carbonyl (C=O) groups is 1. The lowest BCUT2D eigenvalue weighted by molar-refractivity contribution is 0.0283. The van der Waals surface area contributed by atoms with Gasteiger partial charge in [0.15, 0.2) is 5.65 Å². The SMILES string of the molecule is CN(Cc1cnc2c(C#N)cc(Br)cn12)C(=O)OC(C)(C)C. The molecule has 0 aliphatic rings. The molecule has 6 nitrogen and oxygen atoms in total. The molecular weight excluding hydrogens is 348 g/mol. The average Bonchev–Trinajstić information content (AvgIpc) is 2.79. The van der Waals surface area contributed by atoms with Crippen LogP contribution in [0.2, 0.25) is 0 Å². The zero-order chi connectivity index (χ0) is 16.5. The summed E-state index contributed by atoms with van der Waals surface area (Å²) in [6, 6.07) is 3.82. The normalized spacial score (nSPS) is 11.3. The molecule has 0 unspecified atom stereocenters. The number of hydrogen-bond acceptors (Lipinski definition) is 4. The van der Waals surface area contributed by atoms with Gasteiger partial charge in [-0.25, -0.2) is 9.78 Å². The molecule has 2 rings (SSSR count). The number of pyridine rings is 1. The fraction of sp³-hybridized carbons (Fsp3) is 0.400. The van der Waals surface area contributed by atoms with Gasteiger partial charge in [0.1, 0.15) is 11.7 Å². The smallest absolute Gasteiger partial charge is 0.410 e. The molecule has 116 valence electrons. The highest BCUT2D eigenvalue weighted by Gasteiger charge is 2.20. The van der Waals surface area contributed by atoms with Crippen molar-refractivity contribution in [3.63, 3.8) is 0 Å². The fourth-order valence-corrected chi connectivity index (χ4v) is 2.38. The van der Waals surface area contributed by atoms with E-state index < -0.39 is 11.7 Å². The summed E-state index contributed by atoms with van der Waals surface area (Å²) >= 11 is 3.37. The number of hydrogen-bond donors (Lipinski definition) is 0. The highest BCUT2D eigenvalue weighted by atomic mass is 79.9. The highest BCUT2D eigenvalue weighted by molar-refractivity contribution is 9.10. The molecule has 0 fully saturated rings. The second-order valence-corrected chi connectivity index (χ2v) is 6.88. The lowest BCUT2D eigenvalue weighted by atomic mass is 10.2. The van der Waals surface area contributed by atoms with E-state index in [1.165, 1.54) is 4.90 Å². The Bertz CT molecular complexity index is 755. The highest BCUT2D eigenvalue weighted by Crippen LogP contribution is 2.19. The van der Waals surface area contributed by atoms with Crippen LogP contribution in [0.4, 0.5) is 4.79 Å². The minimum Gasteiger partial charge on any atom is -0.444 e. The second kappa shape index (κ2) is 5.97. The van der Waals surface area contributed by atoms with Gasteiger partial charge in [-0.1, -0.05) is 0 Å². The van der Waals surface area contributed by atoms with Crippen molar-refractivity contribution in [3.8, 4) is 6.07 Å². The number of ether oxygens (including phenoxy) is 1. The molecule has 0 aromatic carbocycles. The number of amides is 1. The number of halogens is 1. The van der Waals surface area contributed by atoms with E-state index in [1.807, 2.05) is 27.0 Å². The van der Waals surface area contributed by atoms with E-state index in [4.69, 9.17) is 10.00 Å². The van der Waals surface area contributed by atoms with E-state index in [0.717, 1.165) is 10.2 Å². The van der Waals surface area contributed by atoms with E-state index >= 15 is 0 Å². The number of nitrogens with zero attached hydrogens (tertiary/aromatic N) is 4. The third-order valence-electron chi connectivity index (χ3n) is 2.87. The van der Waals surface area contributed by atoms with Crippen molar-refractivity contribution in [2.45, 2.75) is 32.9 Å². The molecule has 0 atom stereocenters. The third-order valence-corrected chi connectivity index (χ3v) is 3.31. The summed E-state index contributed by atoms with van der Waals surface area (Å²) in [7, 11) is 1.66. The van der Waals surface area contributed by atoms with Gasteiger partial charge in [0.2, 0.25) is 0 Å². The quantitative estimate of drug-likeness (QED) is 0.819. The third kappa shape index (κ3) is 3.57. The molecule has 0 aliphatic carbocycles. The van der Waals surface area contributed by atoms with Crippen molar-refractivity contribution >= 4 is 27.7 Å². The number of imidazole rings is 1. The van der Waals surface area contributed by atoms with Gasteiger partial charge in [-0.05, 0) is 42.8 Å². The van der Waals surface area contributed by atoms with Crippen LogP contribution in [0.1, 0.15) is 32.0 Å². The van der Waals surface area contributed by atoms with Gasteiger partial charge < -0.3 is 14.0 Å². The Balaban J connectivity index is 2.28. The zero-order valence-electron chi connectivity index (χ0n) is 12.9. The number of nitriles is 1. The van der Waals surface area contributed by atoms with Gasteiger partial charge in [0, 0.05) is 17.7 Å². The standard InChI is InChI=1S/C15H17BrN4O2/c1-15(2,3)22-14(21)19(4)9-12-7-18-13-10(6-17)5-11(16)8-20(12)13/h5,7-8H,9H2,1-4H3. The molecule has 2 aromatic heterocycles. The Morgan fingerprint density at radius 1 is 1.55 bits per heavy atom. The van der Waals surface area contributed by atoms with Crippen LogP contribution in [0.5, 0.6) is 0 Å². The monoisotopic (exact) mass is 364 g/mol. The van der Waals surface area contributed by atoms with Crippen molar-refractivity contribution < 1.29 is 9.53 Å². The van der Waals surface area contributed by atoms with Crippen LogP contribution in [0.25, 0.3) is 5.65 Å². The van der Waals surface area contributed by atoms with Gasteiger partial charge in [0.25, 0.3) is 0 Å². The van der Waals surface area contributed by atoms with E-state index in [0.29, 0.717) is 17.8 Å². The van der Waals surface area contributed by atoms with Crippen LogP contribution in [-0.2, 0) is 11.3 Å². The molecule has 1 amide bonds. The van der Waals surface area contributed by atoms with E-state index in [9.17, 15) is 4.79 Å². The van der Waals surface area contributed by atoms with Crippen molar-refractivity contribution in [1.82, 2.24) is 14.3 Å². The van der Waals surface area contributed by atoms with E-state index in [2.05, 4.69) is 27.0 Å². The average molecular weight is 365 g/mol. The minimum absolute atomic E-state index is 0.331. The molecule has 0 bridgehead atoms. The summed E-state index contributed by atoms with van der Waals surface area (Å²) in [4.78, 5) is 17.8. The van der Waals surface area contributed by atoms with Crippen LogP contribution < -0.4 is 0 Å². The van der Waals surface area contributed by atoms with Crippen LogP contribution in [0.3, 0.4) is 0 Å². The summed E-state index contributed by atoms with van der Waals surface area (Å²) in [5.41, 5.74) is 1.29. The lowest BCUT2D eigenvalue weighted by Crippen LogP contribution is -2.34. The predicted octanol–water partition coefficient (Wildman–Crippen LogP) is 3.34. The number of fused-ring (bicyclic) bond motifs is 1. The molecule has 0 aliphatic heterocycles. The lowest BCUT2D eigenvalue weighted by Gasteiger charge is -2.24. The maximum Gasteiger partial charge on any atom is 0.410 e. The van der Waals surface area contributed by atoms with Crippen LogP contribution in [-0.4, -0.2) is 33.0 Å². The van der Waals surface area contributed by atoms with Gasteiger partial charge in [-0.15, -0.1) is 0 Å². The predicted molar refractivity (Wildman–Crippen MR) is 85.3 cm³/mol. The van der Waals surface area contributed by atoms with Crippen molar-refractivity contribution in [1.29, 1.82) is 5.26 Å². The molecule has 22 heavy (non-hydrogen) atoms. The van der Waals surface area contributed by atoms with Gasteiger partial charge in [-0.2, -0.15) is 5.26 Å². The zero-order valence-corrected chi connectivity index (χ0v) is 14.5. The van der Waals surface area contributed by atoms with Gasteiger partial charge in [-0.3, -0.25) is 0 Å². The topological polar surface area (TPSA) is 70.6 Å². The minimum atomic E-state index is -0.540. The molecule has 0 radical (unpaired) electrons. The van der Waals surface area contributed by atoms with Crippen LogP contribution >= 0.6 is 15.9 Å². The molecule has 0 spiro atoms. The summed E-state index contributed by atoms with van der Waals surface area (Å²) in [6.45, 7) is 5.80. The largest absolute Gasteiger partial charge is 0.444 e. The maximum atomic E-state index is 12.0. The first-order valence-electron chi connectivity index (χ1n) is 6.71. The molecule has 2 heterocycles. The first-order valence-corrected chi connectivity index (χ1v) is 7.50. The van der Waals surface area contributed by atoms with Gasteiger partial charge in [0.05, 0.1) is 24.0 Å². The molecule has 2 aromatic rings. The molecule has 0 saturated heterocycles. The van der Waals surface area contributed by atoms with Gasteiger partial charge >= 0.3 is 6.09 Å². The first kappa shape index (κ1) is 16.3. The molecule has 7 heteroatoms. The summed E-state index contributed by atoms with van der Waals surface area (Å²) in [5, 5.41) is 9.16. The van der Waals surface area contributed by atoms with Crippen LogP contribution in [0, 0.1) is 11.3 Å². The Labute approximate surface area is 137 Å². The fourth-order valence-electron chi connectivity index (χ4n) is 1.95.